The topological polar surface area (TPSA) is 60.2 Å². The number of nitrogens with one attached hydrogen (secondary N) is 1. The van der Waals surface area contributed by atoms with Crippen LogP contribution in [-0.2, 0) is 11.2 Å². The minimum Gasteiger partial charge on any atom is -0.377 e. The molecule has 2 rings (SSSR count). The Bertz CT molecular complexity index is 285. The summed E-state index contributed by atoms with van der Waals surface area (Å²) in [7, 11) is 0. The zero-order chi connectivity index (χ0) is 10.5. The first kappa shape index (κ1) is 10.5. The molecule has 4 heteroatoms. The van der Waals surface area contributed by atoms with E-state index in [1.165, 1.54) is 5.56 Å². The number of rotatable bonds is 4. The predicted molar refractivity (Wildman–Crippen MR) is 58.0 cm³/mol. The number of aromatic nitrogens is 1. The first-order valence-electron chi connectivity index (χ1n) is 5.37. The lowest BCUT2D eigenvalue weighted by Crippen LogP contribution is -2.45. The normalized spacial score (nSPS) is 22.9. The molecule has 15 heavy (non-hydrogen) atoms. The van der Waals surface area contributed by atoms with Crippen LogP contribution in [0, 0.1) is 0 Å². The van der Waals surface area contributed by atoms with Gasteiger partial charge >= 0.3 is 0 Å². The van der Waals surface area contributed by atoms with Crippen molar-refractivity contribution in [3.63, 3.8) is 0 Å². The molecule has 1 aliphatic rings. The molecule has 0 spiro atoms. The Hall–Kier alpha value is -0.970. The fraction of sp³-hybridized carbons (Fsp3) is 0.545. The summed E-state index contributed by atoms with van der Waals surface area (Å²) < 4.78 is 5.62. The maximum absolute atomic E-state index is 5.62. The summed E-state index contributed by atoms with van der Waals surface area (Å²) in [4.78, 5) is 4.09. The summed E-state index contributed by atoms with van der Waals surface area (Å²) in [6.45, 7) is 0.857. The van der Waals surface area contributed by atoms with E-state index >= 15 is 0 Å². The number of hydrazine groups is 1. The predicted octanol–water partition coefficient (Wildman–Crippen LogP) is 0.635. The van der Waals surface area contributed by atoms with E-state index in [4.69, 9.17) is 10.6 Å². The van der Waals surface area contributed by atoms with Gasteiger partial charge in [0.2, 0.25) is 0 Å². The van der Waals surface area contributed by atoms with E-state index in [9.17, 15) is 0 Å². The lowest BCUT2D eigenvalue weighted by Gasteiger charge is -2.21. The second-order valence-corrected chi connectivity index (χ2v) is 3.89. The lowest BCUT2D eigenvalue weighted by molar-refractivity contribution is 0.0784. The second kappa shape index (κ2) is 5.21. The van der Waals surface area contributed by atoms with Crippen LogP contribution in [0.1, 0.15) is 18.4 Å². The highest BCUT2D eigenvalue weighted by Crippen LogP contribution is 2.17. The Morgan fingerprint density at radius 3 is 3.20 bits per heavy atom. The van der Waals surface area contributed by atoms with Gasteiger partial charge in [0, 0.05) is 19.0 Å². The standard InChI is InChI=1S/C11H17N3O/c12-14-10(11-4-2-6-15-11)7-9-3-1-5-13-8-9/h1,3,5,8,10-11,14H,2,4,6-7,12H2. The third-order valence-electron chi connectivity index (χ3n) is 2.81. The molecule has 0 bridgehead atoms. The van der Waals surface area contributed by atoms with E-state index in [-0.39, 0.29) is 12.1 Å². The Morgan fingerprint density at radius 2 is 2.60 bits per heavy atom. The fourth-order valence-electron chi connectivity index (χ4n) is 1.99. The Labute approximate surface area is 89.8 Å². The zero-order valence-electron chi connectivity index (χ0n) is 8.73. The van der Waals surface area contributed by atoms with Crippen molar-refractivity contribution in [2.45, 2.75) is 31.4 Å². The molecule has 2 unspecified atom stereocenters. The first-order valence-corrected chi connectivity index (χ1v) is 5.37. The largest absolute Gasteiger partial charge is 0.377 e. The van der Waals surface area contributed by atoms with Gasteiger partial charge in [-0.25, -0.2) is 0 Å². The highest BCUT2D eigenvalue weighted by Gasteiger charge is 2.24. The van der Waals surface area contributed by atoms with Crippen LogP contribution < -0.4 is 11.3 Å². The fourth-order valence-corrected chi connectivity index (χ4v) is 1.99. The summed E-state index contributed by atoms with van der Waals surface area (Å²) in [5.74, 6) is 5.55. The van der Waals surface area contributed by atoms with Crippen LogP contribution in [-0.4, -0.2) is 23.7 Å². The quantitative estimate of drug-likeness (QED) is 0.562. The van der Waals surface area contributed by atoms with E-state index < -0.39 is 0 Å². The number of nitrogens with zero attached hydrogens (tertiary/aromatic N) is 1. The van der Waals surface area contributed by atoms with Crippen molar-refractivity contribution in [3.8, 4) is 0 Å². The number of ether oxygens (including phenoxy) is 1. The molecule has 82 valence electrons. The highest BCUT2D eigenvalue weighted by molar-refractivity contribution is 5.10. The minimum atomic E-state index is 0.191. The van der Waals surface area contributed by atoms with E-state index in [1.807, 2.05) is 12.3 Å². The van der Waals surface area contributed by atoms with Crippen LogP contribution in [0.4, 0.5) is 0 Å². The molecule has 0 aromatic carbocycles. The third kappa shape index (κ3) is 2.75. The Balaban J connectivity index is 1.96. The van der Waals surface area contributed by atoms with Crippen molar-refractivity contribution in [2.75, 3.05) is 6.61 Å². The van der Waals surface area contributed by atoms with Crippen molar-refractivity contribution in [2.24, 2.45) is 5.84 Å². The smallest absolute Gasteiger partial charge is 0.0745 e. The zero-order valence-corrected chi connectivity index (χ0v) is 8.73. The van der Waals surface area contributed by atoms with Gasteiger partial charge in [0.15, 0.2) is 0 Å². The summed E-state index contributed by atoms with van der Waals surface area (Å²) >= 11 is 0. The van der Waals surface area contributed by atoms with E-state index in [2.05, 4.69) is 16.5 Å². The number of hydrogen-bond donors (Lipinski definition) is 2. The van der Waals surface area contributed by atoms with Crippen LogP contribution in [0.25, 0.3) is 0 Å². The van der Waals surface area contributed by atoms with Gasteiger partial charge in [-0.05, 0) is 30.9 Å². The van der Waals surface area contributed by atoms with Gasteiger partial charge in [-0.1, -0.05) is 6.07 Å². The van der Waals surface area contributed by atoms with Gasteiger partial charge in [0.25, 0.3) is 0 Å². The molecule has 3 N–H and O–H groups in total. The van der Waals surface area contributed by atoms with Gasteiger partial charge < -0.3 is 4.74 Å². The number of hydrogen-bond acceptors (Lipinski definition) is 4. The van der Waals surface area contributed by atoms with Crippen molar-refractivity contribution in [1.82, 2.24) is 10.4 Å². The van der Waals surface area contributed by atoms with Gasteiger partial charge in [-0.3, -0.25) is 16.3 Å². The molecule has 2 heterocycles. The molecule has 1 aliphatic heterocycles. The van der Waals surface area contributed by atoms with Gasteiger partial charge in [0.1, 0.15) is 0 Å². The summed E-state index contributed by atoms with van der Waals surface area (Å²) in [5, 5.41) is 0. The maximum Gasteiger partial charge on any atom is 0.0745 e. The van der Waals surface area contributed by atoms with Crippen molar-refractivity contribution < 1.29 is 4.74 Å². The molecule has 0 radical (unpaired) electrons. The maximum atomic E-state index is 5.62. The summed E-state index contributed by atoms with van der Waals surface area (Å²) in [5.41, 5.74) is 4.03. The van der Waals surface area contributed by atoms with E-state index in [0.717, 1.165) is 25.9 Å². The molecule has 0 aliphatic carbocycles. The lowest BCUT2D eigenvalue weighted by atomic mass is 10.0. The van der Waals surface area contributed by atoms with Gasteiger partial charge in [-0.2, -0.15) is 0 Å². The Morgan fingerprint density at radius 1 is 1.67 bits per heavy atom. The van der Waals surface area contributed by atoms with Crippen molar-refractivity contribution in [3.05, 3.63) is 30.1 Å². The SMILES string of the molecule is NNC(Cc1cccnc1)C1CCCO1. The monoisotopic (exact) mass is 207 g/mol. The molecule has 1 saturated heterocycles. The molecule has 4 nitrogen and oxygen atoms in total. The average molecular weight is 207 g/mol. The minimum absolute atomic E-state index is 0.191. The molecular weight excluding hydrogens is 190 g/mol. The Kier molecular flexibility index (Phi) is 3.66. The second-order valence-electron chi connectivity index (χ2n) is 3.89. The molecule has 1 aromatic rings. The van der Waals surface area contributed by atoms with Crippen molar-refractivity contribution >= 4 is 0 Å². The van der Waals surface area contributed by atoms with Crippen LogP contribution in [0.3, 0.4) is 0 Å². The van der Waals surface area contributed by atoms with Crippen LogP contribution in [0.2, 0.25) is 0 Å². The van der Waals surface area contributed by atoms with Crippen LogP contribution >= 0.6 is 0 Å². The number of pyridine rings is 1. The summed E-state index contributed by atoms with van der Waals surface area (Å²) in [6.07, 6.45) is 7.00. The number of nitrogens with two attached hydrogens (primary N) is 1. The molecule has 2 atom stereocenters. The highest BCUT2D eigenvalue weighted by atomic mass is 16.5. The molecule has 1 aromatic heterocycles. The van der Waals surface area contributed by atoms with Crippen molar-refractivity contribution in [1.29, 1.82) is 0 Å². The molecule has 1 fully saturated rings. The van der Waals surface area contributed by atoms with E-state index in [1.54, 1.807) is 6.20 Å². The summed E-state index contributed by atoms with van der Waals surface area (Å²) in [6, 6.07) is 4.20. The first-order chi connectivity index (χ1) is 7.40. The van der Waals surface area contributed by atoms with Crippen LogP contribution in [0.5, 0.6) is 0 Å². The molecule has 0 saturated carbocycles. The molecular formula is C11H17N3O. The molecule has 0 amide bonds. The van der Waals surface area contributed by atoms with Gasteiger partial charge in [0.05, 0.1) is 12.1 Å². The third-order valence-corrected chi connectivity index (χ3v) is 2.81. The van der Waals surface area contributed by atoms with E-state index in [0.29, 0.717) is 0 Å². The average Bonchev–Trinajstić information content (AvgIpc) is 2.81. The van der Waals surface area contributed by atoms with Crippen LogP contribution in [0.15, 0.2) is 24.5 Å². The van der Waals surface area contributed by atoms with Gasteiger partial charge in [-0.15, -0.1) is 0 Å².